The van der Waals surface area contributed by atoms with Crippen LogP contribution in [0.25, 0.3) is 0 Å². The molecule has 0 unspecified atom stereocenters. The first-order chi connectivity index (χ1) is 9.63. The van der Waals surface area contributed by atoms with E-state index in [9.17, 15) is 4.79 Å². The molecule has 0 aliphatic carbocycles. The molecule has 6 heteroatoms. The van der Waals surface area contributed by atoms with Gasteiger partial charge >= 0.3 is 0 Å². The predicted octanol–water partition coefficient (Wildman–Crippen LogP) is 0.766. The Labute approximate surface area is 118 Å². The standard InChI is InChI=1S/C14H19N5O/c1-3-13-11(9-19(2)18-13)8-17-14(20)10-4-5-16-12(6-10)7-15/h4-6,9H,3,7-8,15H2,1-2H3,(H,17,20). The second-order valence-corrected chi connectivity index (χ2v) is 4.55. The fourth-order valence-electron chi connectivity index (χ4n) is 2.04. The molecule has 0 bridgehead atoms. The second kappa shape index (κ2) is 6.29. The van der Waals surface area contributed by atoms with E-state index in [-0.39, 0.29) is 5.91 Å². The Bertz CT molecular complexity index is 605. The molecule has 6 nitrogen and oxygen atoms in total. The van der Waals surface area contributed by atoms with Gasteiger partial charge in [0.1, 0.15) is 0 Å². The van der Waals surface area contributed by atoms with Crippen LogP contribution in [0.4, 0.5) is 0 Å². The average molecular weight is 273 g/mol. The number of rotatable bonds is 5. The molecule has 20 heavy (non-hydrogen) atoms. The molecule has 0 atom stereocenters. The van der Waals surface area contributed by atoms with Crippen LogP contribution in [0.2, 0.25) is 0 Å². The zero-order chi connectivity index (χ0) is 14.5. The fourth-order valence-corrected chi connectivity index (χ4v) is 2.04. The van der Waals surface area contributed by atoms with Gasteiger partial charge in [-0.05, 0) is 18.6 Å². The van der Waals surface area contributed by atoms with Crippen molar-refractivity contribution < 1.29 is 4.79 Å². The number of aryl methyl sites for hydroxylation is 2. The topological polar surface area (TPSA) is 85.8 Å². The summed E-state index contributed by atoms with van der Waals surface area (Å²) >= 11 is 0. The summed E-state index contributed by atoms with van der Waals surface area (Å²) in [5.41, 5.74) is 8.84. The average Bonchev–Trinajstić information content (AvgIpc) is 2.85. The highest BCUT2D eigenvalue weighted by atomic mass is 16.1. The number of amides is 1. The number of hydrogen-bond donors (Lipinski definition) is 2. The molecule has 3 N–H and O–H groups in total. The van der Waals surface area contributed by atoms with Crippen LogP contribution in [0.1, 0.15) is 34.2 Å². The second-order valence-electron chi connectivity index (χ2n) is 4.55. The molecule has 2 aromatic rings. The van der Waals surface area contributed by atoms with Crippen molar-refractivity contribution in [1.82, 2.24) is 20.1 Å². The van der Waals surface area contributed by atoms with E-state index in [1.165, 1.54) is 0 Å². The molecule has 0 aromatic carbocycles. The number of nitrogens with two attached hydrogens (primary N) is 1. The molecule has 0 saturated heterocycles. The maximum Gasteiger partial charge on any atom is 0.251 e. The Morgan fingerprint density at radius 1 is 1.50 bits per heavy atom. The van der Waals surface area contributed by atoms with Crippen molar-refractivity contribution in [3.05, 3.63) is 47.0 Å². The lowest BCUT2D eigenvalue weighted by molar-refractivity contribution is 0.0950. The Morgan fingerprint density at radius 3 is 3.00 bits per heavy atom. The summed E-state index contributed by atoms with van der Waals surface area (Å²) in [6.45, 7) is 2.84. The van der Waals surface area contributed by atoms with E-state index in [2.05, 4.69) is 15.4 Å². The minimum atomic E-state index is -0.131. The molecular formula is C14H19N5O. The van der Waals surface area contributed by atoms with Crippen LogP contribution >= 0.6 is 0 Å². The highest BCUT2D eigenvalue weighted by molar-refractivity contribution is 5.94. The minimum absolute atomic E-state index is 0.131. The van der Waals surface area contributed by atoms with Crippen LogP contribution in [-0.2, 0) is 26.6 Å². The third kappa shape index (κ3) is 3.21. The molecule has 0 spiro atoms. The summed E-state index contributed by atoms with van der Waals surface area (Å²) in [5, 5.41) is 7.24. The normalized spacial score (nSPS) is 10.6. The smallest absolute Gasteiger partial charge is 0.251 e. The number of carbonyl (C=O) groups is 1. The van der Waals surface area contributed by atoms with Gasteiger partial charge in [-0.15, -0.1) is 0 Å². The van der Waals surface area contributed by atoms with E-state index in [0.717, 1.165) is 17.7 Å². The summed E-state index contributed by atoms with van der Waals surface area (Å²) in [7, 11) is 1.88. The van der Waals surface area contributed by atoms with Crippen molar-refractivity contribution >= 4 is 5.91 Å². The van der Waals surface area contributed by atoms with Crippen molar-refractivity contribution in [3.8, 4) is 0 Å². The maximum atomic E-state index is 12.1. The molecular weight excluding hydrogens is 254 g/mol. The highest BCUT2D eigenvalue weighted by Crippen LogP contribution is 2.07. The summed E-state index contributed by atoms with van der Waals surface area (Å²) in [5.74, 6) is -0.131. The first-order valence-electron chi connectivity index (χ1n) is 6.58. The fraction of sp³-hybridized carbons (Fsp3) is 0.357. The zero-order valence-corrected chi connectivity index (χ0v) is 11.8. The molecule has 2 rings (SSSR count). The number of nitrogens with zero attached hydrogens (tertiary/aromatic N) is 3. The van der Waals surface area contributed by atoms with Crippen LogP contribution in [0, 0.1) is 0 Å². The molecule has 0 aliphatic heterocycles. The summed E-state index contributed by atoms with van der Waals surface area (Å²) < 4.78 is 1.76. The Balaban J connectivity index is 2.04. The van der Waals surface area contributed by atoms with Gasteiger partial charge in [0.25, 0.3) is 5.91 Å². The Morgan fingerprint density at radius 2 is 2.30 bits per heavy atom. The van der Waals surface area contributed by atoms with Crippen LogP contribution in [0.3, 0.4) is 0 Å². The van der Waals surface area contributed by atoms with Crippen LogP contribution in [-0.4, -0.2) is 20.7 Å². The molecule has 0 radical (unpaired) electrons. The van der Waals surface area contributed by atoms with E-state index >= 15 is 0 Å². The highest BCUT2D eigenvalue weighted by Gasteiger charge is 2.09. The lowest BCUT2D eigenvalue weighted by Crippen LogP contribution is -2.23. The van der Waals surface area contributed by atoms with E-state index in [0.29, 0.717) is 24.3 Å². The van der Waals surface area contributed by atoms with Crippen molar-refractivity contribution in [2.75, 3.05) is 0 Å². The van der Waals surface area contributed by atoms with Gasteiger partial charge < -0.3 is 11.1 Å². The minimum Gasteiger partial charge on any atom is -0.348 e. The summed E-state index contributed by atoms with van der Waals surface area (Å²) in [6.07, 6.45) is 4.37. The molecule has 1 amide bonds. The number of carbonyl (C=O) groups excluding carboxylic acids is 1. The molecule has 0 saturated carbocycles. The van der Waals surface area contributed by atoms with Crippen molar-refractivity contribution in [3.63, 3.8) is 0 Å². The third-order valence-electron chi connectivity index (χ3n) is 3.05. The van der Waals surface area contributed by atoms with Crippen LogP contribution in [0.5, 0.6) is 0 Å². The van der Waals surface area contributed by atoms with Crippen molar-refractivity contribution in [2.45, 2.75) is 26.4 Å². The SMILES string of the molecule is CCc1nn(C)cc1CNC(=O)c1ccnc(CN)c1. The van der Waals surface area contributed by atoms with Gasteiger partial charge in [-0.1, -0.05) is 6.92 Å². The van der Waals surface area contributed by atoms with Gasteiger partial charge in [0.2, 0.25) is 0 Å². The molecule has 2 heterocycles. The van der Waals surface area contributed by atoms with E-state index in [4.69, 9.17) is 5.73 Å². The number of aromatic nitrogens is 3. The van der Waals surface area contributed by atoms with Crippen molar-refractivity contribution in [2.24, 2.45) is 12.8 Å². The van der Waals surface area contributed by atoms with Gasteiger partial charge in [-0.25, -0.2) is 0 Å². The number of pyridine rings is 1. The first kappa shape index (κ1) is 14.2. The van der Waals surface area contributed by atoms with Crippen LogP contribution in [0.15, 0.2) is 24.5 Å². The Hall–Kier alpha value is -2.21. The van der Waals surface area contributed by atoms with Gasteiger partial charge in [-0.3, -0.25) is 14.5 Å². The van der Waals surface area contributed by atoms with E-state index in [1.807, 2.05) is 20.2 Å². The summed E-state index contributed by atoms with van der Waals surface area (Å²) in [6, 6.07) is 3.39. The lowest BCUT2D eigenvalue weighted by Gasteiger charge is -2.06. The maximum absolute atomic E-state index is 12.1. The van der Waals surface area contributed by atoms with Crippen LogP contribution < -0.4 is 11.1 Å². The largest absolute Gasteiger partial charge is 0.348 e. The van der Waals surface area contributed by atoms with Gasteiger partial charge in [-0.2, -0.15) is 5.10 Å². The monoisotopic (exact) mass is 273 g/mol. The number of nitrogens with one attached hydrogen (secondary N) is 1. The van der Waals surface area contributed by atoms with E-state index in [1.54, 1.807) is 23.0 Å². The first-order valence-corrected chi connectivity index (χ1v) is 6.58. The Kier molecular flexibility index (Phi) is 4.47. The quantitative estimate of drug-likeness (QED) is 0.842. The lowest BCUT2D eigenvalue weighted by atomic mass is 10.2. The molecule has 106 valence electrons. The molecule has 0 aliphatic rings. The number of hydrogen-bond acceptors (Lipinski definition) is 4. The van der Waals surface area contributed by atoms with Gasteiger partial charge in [0.05, 0.1) is 11.4 Å². The molecule has 2 aromatic heterocycles. The third-order valence-corrected chi connectivity index (χ3v) is 3.05. The van der Waals surface area contributed by atoms with Gasteiger partial charge in [0, 0.05) is 43.7 Å². The molecule has 0 fully saturated rings. The predicted molar refractivity (Wildman–Crippen MR) is 75.9 cm³/mol. The van der Waals surface area contributed by atoms with Crippen molar-refractivity contribution in [1.29, 1.82) is 0 Å². The van der Waals surface area contributed by atoms with Gasteiger partial charge in [0.15, 0.2) is 0 Å². The van der Waals surface area contributed by atoms with E-state index < -0.39 is 0 Å². The summed E-state index contributed by atoms with van der Waals surface area (Å²) in [4.78, 5) is 16.2. The zero-order valence-electron chi connectivity index (χ0n) is 11.8.